The van der Waals surface area contributed by atoms with Gasteiger partial charge >= 0.3 is 6.03 Å². The minimum atomic E-state index is -0.141. The summed E-state index contributed by atoms with van der Waals surface area (Å²) in [6.07, 6.45) is 2.92. The first-order valence-corrected chi connectivity index (χ1v) is 12.6. The van der Waals surface area contributed by atoms with Crippen molar-refractivity contribution in [3.8, 4) is 0 Å². The first-order valence-electron chi connectivity index (χ1n) is 11.7. The van der Waals surface area contributed by atoms with E-state index in [9.17, 15) is 9.59 Å². The molecule has 3 unspecified atom stereocenters. The van der Waals surface area contributed by atoms with Gasteiger partial charge in [0.1, 0.15) is 0 Å². The van der Waals surface area contributed by atoms with Crippen molar-refractivity contribution in [2.24, 2.45) is 5.92 Å². The van der Waals surface area contributed by atoms with E-state index < -0.39 is 0 Å². The molecule has 5 rings (SSSR count). The van der Waals surface area contributed by atoms with Crippen molar-refractivity contribution in [3.05, 3.63) is 40.4 Å². The number of thioether (sulfide) groups is 1. The molecule has 0 spiro atoms. The van der Waals surface area contributed by atoms with Crippen LogP contribution in [-0.2, 0) is 10.2 Å². The maximum Gasteiger partial charge on any atom is 0.326 e. The summed E-state index contributed by atoms with van der Waals surface area (Å²) in [6, 6.07) is 8.39. The molecule has 172 valence electrons. The number of nitrogens with zero attached hydrogens (tertiary/aromatic N) is 1. The van der Waals surface area contributed by atoms with Crippen LogP contribution in [0.4, 0.5) is 10.5 Å². The maximum absolute atomic E-state index is 13.3. The van der Waals surface area contributed by atoms with Gasteiger partial charge in [-0.05, 0) is 55.5 Å². The van der Waals surface area contributed by atoms with E-state index in [2.05, 4.69) is 66.3 Å². The van der Waals surface area contributed by atoms with Crippen LogP contribution in [0.25, 0.3) is 0 Å². The van der Waals surface area contributed by atoms with E-state index in [-0.39, 0.29) is 40.7 Å². The van der Waals surface area contributed by atoms with E-state index >= 15 is 0 Å². The Morgan fingerprint density at radius 2 is 1.94 bits per heavy atom. The van der Waals surface area contributed by atoms with Crippen LogP contribution in [-0.4, -0.2) is 49.0 Å². The summed E-state index contributed by atoms with van der Waals surface area (Å²) in [5, 5.41) is 13.3. The Bertz CT molecular complexity index is 933. The number of carbonyl (C=O) groups is 2. The Morgan fingerprint density at radius 1 is 1.16 bits per heavy atom. The van der Waals surface area contributed by atoms with Crippen LogP contribution in [0.15, 0.2) is 34.9 Å². The Hall–Kier alpha value is -2.03. The zero-order valence-corrected chi connectivity index (χ0v) is 19.8. The fourth-order valence-corrected chi connectivity index (χ4v) is 6.67. The van der Waals surface area contributed by atoms with Crippen LogP contribution < -0.4 is 26.2 Å². The zero-order chi connectivity index (χ0) is 22.5. The van der Waals surface area contributed by atoms with Gasteiger partial charge in [-0.3, -0.25) is 9.69 Å². The molecule has 4 aliphatic rings. The highest BCUT2D eigenvalue weighted by atomic mass is 32.2. The highest BCUT2D eigenvalue weighted by Gasteiger charge is 2.51. The number of benzene rings is 1. The van der Waals surface area contributed by atoms with E-state index in [1.165, 1.54) is 5.56 Å². The van der Waals surface area contributed by atoms with E-state index in [4.69, 9.17) is 0 Å². The molecule has 4 aliphatic heterocycles. The highest BCUT2D eigenvalue weighted by Crippen LogP contribution is 2.48. The topological polar surface area (TPSA) is 85.5 Å². The Balaban J connectivity index is 1.41. The van der Waals surface area contributed by atoms with Crippen molar-refractivity contribution in [2.75, 3.05) is 24.5 Å². The predicted molar refractivity (Wildman–Crippen MR) is 128 cm³/mol. The summed E-state index contributed by atoms with van der Waals surface area (Å²) in [5.74, 6) is 0.0240. The van der Waals surface area contributed by atoms with Crippen LogP contribution in [0.1, 0.15) is 45.6 Å². The molecule has 0 aliphatic carbocycles. The summed E-state index contributed by atoms with van der Waals surface area (Å²) in [5.41, 5.74) is 3.02. The fraction of sp³-hybridized carbons (Fsp3) is 0.583. The van der Waals surface area contributed by atoms with Gasteiger partial charge in [0.05, 0.1) is 16.3 Å². The third-order valence-electron chi connectivity index (χ3n) is 6.99. The van der Waals surface area contributed by atoms with Crippen LogP contribution in [0, 0.1) is 5.92 Å². The van der Waals surface area contributed by atoms with Crippen molar-refractivity contribution in [1.29, 1.82) is 0 Å². The molecule has 0 bridgehead atoms. The molecule has 0 radical (unpaired) electrons. The first-order chi connectivity index (χ1) is 15.3. The molecule has 32 heavy (non-hydrogen) atoms. The lowest BCUT2D eigenvalue weighted by Crippen LogP contribution is -2.62. The van der Waals surface area contributed by atoms with Gasteiger partial charge in [-0.1, -0.05) is 44.7 Å². The number of amides is 3. The Labute approximate surface area is 194 Å². The van der Waals surface area contributed by atoms with Gasteiger partial charge in [-0.15, -0.1) is 0 Å². The summed E-state index contributed by atoms with van der Waals surface area (Å²) in [6.45, 7) is 9.21. The summed E-state index contributed by atoms with van der Waals surface area (Å²) in [7, 11) is 0. The summed E-state index contributed by atoms with van der Waals surface area (Å²) >= 11 is 1.57. The van der Waals surface area contributed by atoms with Crippen LogP contribution >= 0.6 is 11.8 Å². The second-order valence-electron chi connectivity index (χ2n) is 10.2. The monoisotopic (exact) mass is 455 g/mol. The third kappa shape index (κ3) is 3.93. The maximum atomic E-state index is 13.3. The van der Waals surface area contributed by atoms with Gasteiger partial charge < -0.3 is 21.3 Å². The quantitative estimate of drug-likeness (QED) is 0.563. The molecule has 4 atom stereocenters. The molecule has 1 aromatic carbocycles. The molecule has 7 nitrogen and oxygen atoms in total. The van der Waals surface area contributed by atoms with Crippen molar-refractivity contribution in [3.63, 3.8) is 0 Å². The van der Waals surface area contributed by atoms with Crippen LogP contribution in [0.5, 0.6) is 0 Å². The van der Waals surface area contributed by atoms with Crippen molar-refractivity contribution >= 4 is 29.4 Å². The average Bonchev–Trinajstić information content (AvgIpc) is 3.14. The number of hydrogen-bond donors (Lipinski definition) is 4. The first kappa shape index (κ1) is 21.8. The standard InChI is InChI=1S/C24H33N5O2S/c1-24(2,3)14-6-8-16(9-7-14)29-17-10-12-26-22-18(17)19(28-23(29)31)20(32-22)21(30)27-15-5-4-11-25-13-15/h6-9,15,17-18,22,25-26H,4-5,10-13H2,1-3H3,(H,27,30)(H,28,31)/t15-,17?,18?,22?/m1/s1. The lowest BCUT2D eigenvalue weighted by Gasteiger charge is -2.45. The third-order valence-corrected chi connectivity index (χ3v) is 8.35. The molecular formula is C24H33N5O2S. The molecule has 4 heterocycles. The van der Waals surface area contributed by atoms with E-state index in [1.807, 2.05) is 4.90 Å². The summed E-state index contributed by atoms with van der Waals surface area (Å²) in [4.78, 5) is 29.0. The molecule has 8 heteroatoms. The Kier molecular flexibility index (Phi) is 5.72. The average molecular weight is 456 g/mol. The lowest BCUT2D eigenvalue weighted by molar-refractivity contribution is -0.117. The van der Waals surface area contributed by atoms with Gasteiger partial charge in [0.25, 0.3) is 5.91 Å². The normalized spacial score (nSPS) is 30.1. The second-order valence-corrected chi connectivity index (χ2v) is 11.4. The molecular weight excluding hydrogens is 422 g/mol. The van der Waals surface area contributed by atoms with Crippen molar-refractivity contribution in [1.82, 2.24) is 21.3 Å². The molecule has 0 saturated carbocycles. The number of piperidine rings is 2. The lowest BCUT2D eigenvalue weighted by atomic mass is 9.85. The van der Waals surface area contributed by atoms with Crippen LogP contribution in [0.3, 0.4) is 0 Å². The largest absolute Gasteiger partial charge is 0.348 e. The number of hydrogen-bond acceptors (Lipinski definition) is 5. The minimum absolute atomic E-state index is 0.0413. The smallest absolute Gasteiger partial charge is 0.326 e. The van der Waals surface area contributed by atoms with E-state index in [1.54, 1.807) is 11.8 Å². The van der Waals surface area contributed by atoms with E-state index in [0.29, 0.717) is 4.91 Å². The van der Waals surface area contributed by atoms with Gasteiger partial charge in [-0.25, -0.2) is 4.79 Å². The number of nitrogens with one attached hydrogen (secondary N) is 4. The summed E-state index contributed by atoms with van der Waals surface area (Å²) < 4.78 is 0. The van der Waals surface area contributed by atoms with Crippen LogP contribution in [0.2, 0.25) is 0 Å². The van der Waals surface area contributed by atoms with Gasteiger partial charge in [0, 0.05) is 29.9 Å². The number of carbonyl (C=O) groups excluding carboxylic acids is 2. The molecule has 3 fully saturated rings. The predicted octanol–water partition coefficient (Wildman–Crippen LogP) is 2.64. The molecule has 0 aromatic heterocycles. The SMILES string of the molecule is CC(C)(C)c1ccc(N2C(=O)NC3=C(C(=O)N[C@@H]4CCCNC4)SC4NCCC2C34)cc1. The minimum Gasteiger partial charge on any atom is -0.348 e. The molecule has 1 aromatic rings. The number of anilines is 1. The molecule has 3 amide bonds. The Morgan fingerprint density at radius 3 is 2.62 bits per heavy atom. The number of urea groups is 1. The number of rotatable bonds is 3. The molecule has 3 saturated heterocycles. The van der Waals surface area contributed by atoms with Crippen molar-refractivity contribution in [2.45, 2.75) is 62.9 Å². The fourth-order valence-electron chi connectivity index (χ4n) is 5.27. The van der Waals surface area contributed by atoms with E-state index in [0.717, 1.165) is 50.3 Å². The van der Waals surface area contributed by atoms with Gasteiger partial charge in [0.15, 0.2) is 0 Å². The van der Waals surface area contributed by atoms with Gasteiger partial charge in [0.2, 0.25) is 0 Å². The second kappa shape index (κ2) is 8.39. The molecule has 4 N–H and O–H groups in total. The highest BCUT2D eigenvalue weighted by molar-refractivity contribution is 8.04. The zero-order valence-electron chi connectivity index (χ0n) is 19.0. The van der Waals surface area contributed by atoms with Crippen molar-refractivity contribution < 1.29 is 9.59 Å². The van der Waals surface area contributed by atoms with Gasteiger partial charge in [-0.2, -0.15) is 0 Å².